The lowest BCUT2D eigenvalue weighted by Crippen LogP contribution is -2.47. The number of halogens is 2. The molecule has 37 heavy (non-hydrogen) atoms. The Bertz CT molecular complexity index is 1530. The number of anilines is 3. The van der Waals surface area contributed by atoms with Crippen molar-refractivity contribution in [3.05, 3.63) is 77.4 Å². The summed E-state index contributed by atoms with van der Waals surface area (Å²) in [4.78, 5) is 22.8. The SMILES string of the molecule is Clc1ccc2c(NCCCn3cnc4c(N5CCN(c6ccccc6)CC5)nc(Cl)nc43)ccnc2c1. The number of fused-ring (bicyclic) bond motifs is 2. The van der Waals surface area contributed by atoms with Gasteiger partial charge in [0, 0.05) is 67.2 Å². The van der Waals surface area contributed by atoms with Gasteiger partial charge >= 0.3 is 0 Å². The van der Waals surface area contributed by atoms with Gasteiger partial charge in [-0.05, 0) is 54.4 Å². The van der Waals surface area contributed by atoms with Crippen molar-refractivity contribution >= 4 is 62.5 Å². The first-order valence-electron chi connectivity index (χ1n) is 12.4. The summed E-state index contributed by atoms with van der Waals surface area (Å²) in [6.45, 7) is 5.06. The largest absolute Gasteiger partial charge is 0.384 e. The Morgan fingerprint density at radius 3 is 2.51 bits per heavy atom. The minimum atomic E-state index is 0.245. The number of piperazine rings is 1. The number of nitrogens with zero attached hydrogens (tertiary/aromatic N) is 7. The van der Waals surface area contributed by atoms with Crippen LogP contribution in [0.4, 0.5) is 17.2 Å². The Kier molecular flexibility index (Phi) is 6.68. The Morgan fingerprint density at radius 2 is 1.68 bits per heavy atom. The van der Waals surface area contributed by atoms with Crippen LogP contribution in [0.3, 0.4) is 0 Å². The summed E-state index contributed by atoms with van der Waals surface area (Å²) < 4.78 is 2.05. The van der Waals surface area contributed by atoms with Gasteiger partial charge in [-0.2, -0.15) is 9.97 Å². The third-order valence-corrected chi connectivity index (χ3v) is 7.12. The Morgan fingerprint density at radius 1 is 0.865 bits per heavy atom. The molecule has 5 aromatic rings. The Labute approximate surface area is 224 Å². The maximum Gasteiger partial charge on any atom is 0.226 e. The van der Waals surface area contributed by atoms with Gasteiger partial charge in [0.25, 0.3) is 0 Å². The van der Waals surface area contributed by atoms with E-state index >= 15 is 0 Å². The Hall–Kier alpha value is -3.62. The van der Waals surface area contributed by atoms with E-state index in [2.05, 4.69) is 63.9 Å². The number of imidazole rings is 1. The maximum absolute atomic E-state index is 6.38. The van der Waals surface area contributed by atoms with Gasteiger partial charge in [-0.3, -0.25) is 4.98 Å². The third kappa shape index (κ3) is 4.99. The summed E-state index contributed by atoms with van der Waals surface area (Å²) in [5.74, 6) is 0.807. The molecule has 1 N–H and O–H groups in total. The molecule has 1 fully saturated rings. The smallest absolute Gasteiger partial charge is 0.226 e. The molecule has 0 spiro atoms. The monoisotopic (exact) mass is 532 g/mol. The molecule has 1 aliphatic heterocycles. The number of para-hydroxylation sites is 1. The van der Waals surface area contributed by atoms with Crippen molar-refractivity contribution in [3.8, 4) is 0 Å². The first-order valence-corrected chi connectivity index (χ1v) is 13.1. The van der Waals surface area contributed by atoms with Gasteiger partial charge in [-0.1, -0.05) is 29.8 Å². The maximum atomic E-state index is 6.38. The quantitative estimate of drug-likeness (QED) is 0.218. The number of pyridine rings is 1. The molecule has 0 saturated carbocycles. The summed E-state index contributed by atoms with van der Waals surface area (Å²) in [5.41, 5.74) is 4.72. The van der Waals surface area contributed by atoms with Crippen molar-refractivity contribution < 1.29 is 0 Å². The highest BCUT2D eigenvalue weighted by atomic mass is 35.5. The highest BCUT2D eigenvalue weighted by molar-refractivity contribution is 6.31. The van der Waals surface area contributed by atoms with Crippen molar-refractivity contribution in [2.45, 2.75) is 13.0 Å². The van der Waals surface area contributed by atoms with Crippen LogP contribution in [0.1, 0.15) is 6.42 Å². The first-order chi connectivity index (χ1) is 18.2. The van der Waals surface area contributed by atoms with Crippen LogP contribution in [-0.2, 0) is 6.54 Å². The predicted octanol–water partition coefficient (Wildman–Crippen LogP) is 5.51. The summed E-state index contributed by atoms with van der Waals surface area (Å²) in [6, 6.07) is 18.2. The molecule has 8 nitrogen and oxygen atoms in total. The number of rotatable bonds is 7. The van der Waals surface area contributed by atoms with Crippen LogP contribution in [-0.4, -0.2) is 57.2 Å². The summed E-state index contributed by atoms with van der Waals surface area (Å²) in [5, 5.41) is 5.50. The minimum absolute atomic E-state index is 0.245. The molecule has 0 unspecified atom stereocenters. The average Bonchev–Trinajstić information content (AvgIpc) is 3.33. The fourth-order valence-electron chi connectivity index (χ4n) is 4.85. The zero-order valence-electron chi connectivity index (χ0n) is 20.2. The second-order valence-corrected chi connectivity index (χ2v) is 9.81. The van der Waals surface area contributed by atoms with E-state index in [0.717, 1.165) is 79.3 Å². The zero-order chi connectivity index (χ0) is 25.2. The number of hydrogen-bond donors (Lipinski definition) is 1. The molecule has 188 valence electrons. The Balaban J connectivity index is 1.13. The second kappa shape index (κ2) is 10.4. The number of benzene rings is 2. The average molecular weight is 533 g/mol. The van der Waals surface area contributed by atoms with Gasteiger partial charge in [0.1, 0.15) is 0 Å². The number of nitrogens with one attached hydrogen (secondary N) is 1. The molecule has 0 aliphatic carbocycles. The predicted molar refractivity (Wildman–Crippen MR) is 151 cm³/mol. The van der Waals surface area contributed by atoms with Crippen LogP contribution in [0.15, 0.2) is 67.1 Å². The molecule has 0 atom stereocenters. The van der Waals surface area contributed by atoms with Gasteiger partial charge < -0.3 is 19.7 Å². The standard InChI is InChI=1S/C27H26Cl2N8/c28-19-7-8-21-22(9-11-31-23(21)17-19)30-10-4-12-37-18-32-24-25(33-27(29)34-26(24)37)36-15-13-35(14-16-36)20-5-2-1-3-6-20/h1-3,5-9,11,17-18H,4,10,12-16H2,(H,30,31). The van der Waals surface area contributed by atoms with Crippen molar-refractivity contribution in [1.82, 2.24) is 24.5 Å². The number of aryl methyl sites for hydroxylation is 1. The molecule has 0 radical (unpaired) electrons. The molecule has 0 bridgehead atoms. The van der Waals surface area contributed by atoms with Gasteiger partial charge in [0.15, 0.2) is 17.0 Å². The van der Waals surface area contributed by atoms with E-state index < -0.39 is 0 Å². The van der Waals surface area contributed by atoms with E-state index in [1.807, 2.05) is 36.7 Å². The van der Waals surface area contributed by atoms with Crippen LogP contribution in [0.5, 0.6) is 0 Å². The number of aromatic nitrogens is 5. The van der Waals surface area contributed by atoms with E-state index in [9.17, 15) is 0 Å². The third-order valence-electron chi connectivity index (χ3n) is 6.71. The van der Waals surface area contributed by atoms with Crippen molar-refractivity contribution in [2.24, 2.45) is 0 Å². The zero-order valence-corrected chi connectivity index (χ0v) is 21.7. The first kappa shape index (κ1) is 23.8. The molecular weight excluding hydrogens is 507 g/mol. The van der Waals surface area contributed by atoms with Crippen LogP contribution < -0.4 is 15.1 Å². The summed E-state index contributed by atoms with van der Waals surface area (Å²) >= 11 is 12.5. The van der Waals surface area contributed by atoms with E-state index in [1.165, 1.54) is 5.69 Å². The number of hydrogen-bond acceptors (Lipinski definition) is 7. The topological polar surface area (TPSA) is 75.0 Å². The van der Waals surface area contributed by atoms with Crippen LogP contribution >= 0.6 is 23.2 Å². The summed E-state index contributed by atoms with van der Waals surface area (Å²) in [7, 11) is 0. The molecule has 4 heterocycles. The molecule has 0 amide bonds. The highest BCUT2D eigenvalue weighted by Gasteiger charge is 2.23. The lowest BCUT2D eigenvalue weighted by molar-refractivity contribution is 0.648. The van der Waals surface area contributed by atoms with Crippen LogP contribution in [0.25, 0.3) is 22.1 Å². The molecule has 3 aromatic heterocycles. The van der Waals surface area contributed by atoms with Crippen LogP contribution in [0, 0.1) is 0 Å². The van der Waals surface area contributed by atoms with Gasteiger partial charge in [0.05, 0.1) is 11.8 Å². The van der Waals surface area contributed by atoms with Crippen molar-refractivity contribution in [3.63, 3.8) is 0 Å². The summed E-state index contributed by atoms with van der Waals surface area (Å²) in [6.07, 6.45) is 4.52. The van der Waals surface area contributed by atoms with Crippen molar-refractivity contribution in [2.75, 3.05) is 47.8 Å². The van der Waals surface area contributed by atoms with E-state index in [-0.39, 0.29) is 5.28 Å². The normalized spacial score (nSPS) is 14.0. The lowest BCUT2D eigenvalue weighted by atomic mass is 10.2. The van der Waals surface area contributed by atoms with Gasteiger partial charge in [0.2, 0.25) is 5.28 Å². The van der Waals surface area contributed by atoms with E-state index in [1.54, 1.807) is 6.20 Å². The fourth-order valence-corrected chi connectivity index (χ4v) is 5.18. The van der Waals surface area contributed by atoms with Gasteiger partial charge in [-0.25, -0.2) is 4.98 Å². The van der Waals surface area contributed by atoms with Crippen LogP contribution in [0.2, 0.25) is 10.3 Å². The van der Waals surface area contributed by atoms with E-state index in [4.69, 9.17) is 23.2 Å². The molecule has 6 rings (SSSR count). The fraction of sp³-hybridized carbons (Fsp3) is 0.259. The van der Waals surface area contributed by atoms with E-state index in [0.29, 0.717) is 5.02 Å². The molecule has 1 aliphatic rings. The van der Waals surface area contributed by atoms with Gasteiger partial charge in [-0.15, -0.1) is 0 Å². The molecular formula is C27H26Cl2N8. The van der Waals surface area contributed by atoms with Crippen molar-refractivity contribution in [1.29, 1.82) is 0 Å². The minimum Gasteiger partial charge on any atom is -0.384 e. The molecule has 1 saturated heterocycles. The lowest BCUT2D eigenvalue weighted by Gasteiger charge is -2.36. The second-order valence-electron chi connectivity index (χ2n) is 9.04. The highest BCUT2D eigenvalue weighted by Crippen LogP contribution is 2.27. The molecule has 2 aromatic carbocycles. The molecule has 10 heteroatoms.